The van der Waals surface area contributed by atoms with Crippen molar-refractivity contribution in [3.05, 3.63) is 77.1 Å². The van der Waals surface area contributed by atoms with Crippen LogP contribution in [0.4, 0.5) is 13.2 Å². The topological polar surface area (TPSA) is 18.5 Å². The molecule has 0 bridgehead atoms. The van der Waals surface area contributed by atoms with Gasteiger partial charge in [0.05, 0.1) is 12.7 Å². The average Bonchev–Trinajstić information content (AvgIpc) is 2.91. The van der Waals surface area contributed by atoms with Gasteiger partial charge in [-0.05, 0) is 124 Å². The van der Waals surface area contributed by atoms with E-state index in [0.717, 1.165) is 69.8 Å². The third-order valence-electron chi connectivity index (χ3n) is 8.36. The van der Waals surface area contributed by atoms with E-state index in [4.69, 9.17) is 9.47 Å². The first kappa shape index (κ1) is 27.8. The Bertz CT molecular complexity index is 1020. The molecule has 0 unspecified atom stereocenters. The van der Waals surface area contributed by atoms with Gasteiger partial charge in [-0.1, -0.05) is 24.3 Å². The number of halogens is 3. The molecule has 0 aliphatic heterocycles. The van der Waals surface area contributed by atoms with Crippen molar-refractivity contribution >= 4 is 0 Å². The largest absolute Gasteiger partial charge is 0.490 e. The SMILES string of the molecule is C=CCCOc1ccc(CCC2CCC(c3ccc(C4CCC(OCC)CC4)c(F)c3F)CC2)cc1F. The van der Waals surface area contributed by atoms with E-state index in [-0.39, 0.29) is 29.5 Å². The van der Waals surface area contributed by atoms with Crippen LogP contribution in [0.15, 0.2) is 43.0 Å². The lowest BCUT2D eigenvalue weighted by molar-refractivity contribution is 0.0325. The molecular weight excluding hydrogens is 473 g/mol. The summed E-state index contributed by atoms with van der Waals surface area (Å²) < 4.78 is 55.8. The van der Waals surface area contributed by atoms with E-state index in [0.29, 0.717) is 36.7 Å². The summed E-state index contributed by atoms with van der Waals surface area (Å²) in [5.41, 5.74) is 2.04. The molecule has 2 nitrogen and oxygen atoms in total. The highest BCUT2D eigenvalue weighted by molar-refractivity contribution is 5.32. The first-order valence-corrected chi connectivity index (χ1v) is 14.1. The Morgan fingerprint density at radius 2 is 1.49 bits per heavy atom. The molecule has 0 spiro atoms. The summed E-state index contributed by atoms with van der Waals surface area (Å²) >= 11 is 0. The Morgan fingerprint density at radius 3 is 2.05 bits per heavy atom. The van der Waals surface area contributed by atoms with Crippen LogP contribution in [0, 0.1) is 23.4 Å². The predicted molar refractivity (Wildman–Crippen MR) is 143 cm³/mol. The summed E-state index contributed by atoms with van der Waals surface area (Å²) in [6.45, 7) is 6.76. The average molecular weight is 515 g/mol. The lowest BCUT2D eigenvalue weighted by Crippen LogP contribution is -2.22. The van der Waals surface area contributed by atoms with Crippen molar-refractivity contribution in [1.29, 1.82) is 0 Å². The number of rotatable bonds is 11. The minimum Gasteiger partial charge on any atom is -0.490 e. The summed E-state index contributed by atoms with van der Waals surface area (Å²) in [5.74, 6) is -0.655. The van der Waals surface area contributed by atoms with Crippen LogP contribution in [0.25, 0.3) is 0 Å². The highest BCUT2D eigenvalue weighted by Gasteiger charge is 2.29. The van der Waals surface area contributed by atoms with E-state index in [1.165, 1.54) is 0 Å². The van der Waals surface area contributed by atoms with Crippen molar-refractivity contribution in [3.8, 4) is 5.75 Å². The predicted octanol–water partition coefficient (Wildman–Crippen LogP) is 9.03. The van der Waals surface area contributed by atoms with Crippen molar-refractivity contribution in [3.63, 3.8) is 0 Å². The van der Waals surface area contributed by atoms with Gasteiger partial charge in [-0.3, -0.25) is 0 Å². The maximum atomic E-state index is 15.2. The molecule has 4 rings (SSSR count). The van der Waals surface area contributed by atoms with E-state index in [1.54, 1.807) is 18.2 Å². The number of benzene rings is 2. The standard InChI is InChI=1S/C32H41F3O2/c1-3-5-20-37-30-19-10-23(21-29(30)33)7-6-22-8-11-24(12-9-22)27-17-18-28(32(35)31(27)34)25-13-15-26(16-14-25)36-4-2/h3,10,17-19,21-22,24-26H,1,4-9,11-16,20H2,2H3. The zero-order valence-corrected chi connectivity index (χ0v) is 22.1. The molecule has 2 aromatic rings. The summed E-state index contributed by atoms with van der Waals surface area (Å²) in [6, 6.07) is 8.88. The monoisotopic (exact) mass is 514 g/mol. The van der Waals surface area contributed by atoms with Crippen LogP contribution in [0.1, 0.15) is 99.7 Å². The molecular formula is C32H41F3O2. The van der Waals surface area contributed by atoms with Gasteiger partial charge in [-0.25, -0.2) is 13.2 Å². The lowest BCUT2D eigenvalue weighted by atomic mass is 9.76. The minimum absolute atomic E-state index is 0.0675. The summed E-state index contributed by atoms with van der Waals surface area (Å²) in [5, 5.41) is 0. The quantitative estimate of drug-likeness (QED) is 0.220. The first-order valence-electron chi connectivity index (χ1n) is 14.1. The van der Waals surface area contributed by atoms with Crippen LogP contribution in [0.2, 0.25) is 0 Å². The molecule has 202 valence electrons. The molecule has 2 saturated carbocycles. The van der Waals surface area contributed by atoms with Crippen molar-refractivity contribution in [2.24, 2.45) is 5.92 Å². The van der Waals surface area contributed by atoms with Crippen molar-refractivity contribution in [1.82, 2.24) is 0 Å². The second kappa shape index (κ2) is 13.5. The number of hydrogen-bond acceptors (Lipinski definition) is 2. The van der Waals surface area contributed by atoms with Gasteiger partial charge < -0.3 is 9.47 Å². The summed E-state index contributed by atoms with van der Waals surface area (Å²) in [6.07, 6.45) is 11.7. The zero-order chi connectivity index (χ0) is 26.2. The Kier molecular flexibility index (Phi) is 10.1. The van der Waals surface area contributed by atoms with E-state index in [9.17, 15) is 4.39 Å². The van der Waals surface area contributed by atoms with E-state index >= 15 is 8.78 Å². The first-order chi connectivity index (χ1) is 18.0. The molecule has 2 aliphatic rings. The van der Waals surface area contributed by atoms with Crippen LogP contribution in [-0.4, -0.2) is 19.3 Å². The van der Waals surface area contributed by atoms with Gasteiger partial charge in [0.2, 0.25) is 0 Å². The van der Waals surface area contributed by atoms with Gasteiger partial charge >= 0.3 is 0 Å². The molecule has 2 fully saturated rings. The second-order valence-corrected chi connectivity index (χ2v) is 10.7. The normalized spacial score (nSPS) is 24.1. The van der Waals surface area contributed by atoms with Crippen LogP contribution in [0.5, 0.6) is 5.75 Å². The molecule has 0 aromatic heterocycles. The van der Waals surface area contributed by atoms with E-state index < -0.39 is 11.6 Å². The summed E-state index contributed by atoms with van der Waals surface area (Å²) in [7, 11) is 0. The van der Waals surface area contributed by atoms with Gasteiger partial charge in [-0.2, -0.15) is 0 Å². The maximum Gasteiger partial charge on any atom is 0.165 e. The molecule has 0 atom stereocenters. The highest BCUT2D eigenvalue weighted by Crippen LogP contribution is 2.41. The van der Waals surface area contributed by atoms with Crippen molar-refractivity contribution in [2.75, 3.05) is 13.2 Å². The minimum atomic E-state index is -0.640. The van der Waals surface area contributed by atoms with Crippen LogP contribution in [0.3, 0.4) is 0 Å². The summed E-state index contributed by atoms with van der Waals surface area (Å²) in [4.78, 5) is 0. The Labute approximate surface area is 220 Å². The third kappa shape index (κ3) is 7.19. The van der Waals surface area contributed by atoms with Crippen LogP contribution < -0.4 is 4.74 Å². The van der Waals surface area contributed by atoms with E-state index in [1.807, 2.05) is 25.1 Å². The Hall–Kier alpha value is -2.27. The third-order valence-corrected chi connectivity index (χ3v) is 8.36. The van der Waals surface area contributed by atoms with Gasteiger partial charge in [0.1, 0.15) is 0 Å². The molecule has 2 aliphatic carbocycles. The Balaban J connectivity index is 1.27. The molecule has 0 saturated heterocycles. The highest BCUT2D eigenvalue weighted by atomic mass is 19.2. The van der Waals surface area contributed by atoms with Crippen LogP contribution >= 0.6 is 0 Å². The molecule has 0 radical (unpaired) electrons. The fourth-order valence-electron chi connectivity index (χ4n) is 6.19. The second-order valence-electron chi connectivity index (χ2n) is 10.7. The van der Waals surface area contributed by atoms with Crippen molar-refractivity contribution in [2.45, 2.75) is 95.5 Å². The van der Waals surface area contributed by atoms with Gasteiger partial charge in [0.25, 0.3) is 0 Å². The fourth-order valence-corrected chi connectivity index (χ4v) is 6.19. The zero-order valence-electron chi connectivity index (χ0n) is 22.1. The molecule has 0 N–H and O–H groups in total. The molecule has 0 heterocycles. The molecule has 5 heteroatoms. The fraction of sp³-hybridized carbons (Fsp3) is 0.562. The van der Waals surface area contributed by atoms with Crippen molar-refractivity contribution < 1.29 is 22.6 Å². The number of hydrogen-bond donors (Lipinski definition) is 0. The van der Waals surface area contributed by atoms with E-state index in [2.05, 4.69) is 6.58 Å². The lowest BCUT2D eigenvalue weighted by Gasteiger charge is -2.31. The van der Waals surface area contributed by atoms with Gasteiger partial charge in [0, 0.05) is 6.61 Å². The molecule has 37 heavy (non-hydrogen) atoms. The van der Waals surface area contributed by atoms with Gasteiger partial charge in [-0.15, -0.1) is 6.58 Å². The molecule has 0 amide bonds. The van der Waals surface area contributed by atoms with Crippen LogP contribution in [-0.2, 0) is 11.2 Å². The molecule has 2 aromatic carbocycles. The smallest absolute Gasteiger partial charge is 0.165 e. The maximum absolute atomic E-state index is 15.2. The number of aryl methyl sites for hydroxylation is 1. The number of ether oxygens (including phenoxy) is 2. The van der Waals surface area contributed by atoms with Gasteiger partial charge in [0.15, 0.2) is 23.2 Å². The Morgan fingerprint density at radius 1 is 0.865 bits per heavy atom.